The lowest BCUT2D eigenvalue weighted by Gasteiger charge is -2.45. The molecule has 1 amide bonds. The molecule has 2 aromatic heterocycles. The summed E-state index contributed by atoms with van der Waals surface area (Å²) in [5.74, 6) is -0.647. The Morgan fingerprint density at radius 1 is 1.26 bits per heavy atom. The van der Waals surface area contributed by atoms with Gasteiger partial charge in [-0.25, -0.2) is 9.97 Å². The third-order valence-electron chi connectivity index (χ3n) is 5.84. The van der Waals surface area contributed by atoms with Crippen molar-refractivity contribution in [3.8, 4) is 0 Å². The molecular formula is C22H30N6O3. The van der Waals surface area contributed by atoms with Crippen molar-refractivity contribution >= 4 is 23.2 Å². The smallest absolute Gasteiger partial charge is 0.269 e. The van der Waals surface area contributed by atoms with Crippen LogP contribution in [0.3, 0.4) is 0 Å². The molecule has 2 aliphatic heterocycles. The number of aliphatic hydroxyl groups excluding tert-OH is 1. The molecule has 9 nitrogen and oxygen atoms in total. The second-order valence-electron chi connectivity index (χ2n) is 9.16. The van der Waals surface area contributed by atoms with Crippen molar-refractivity contribution in [3.05, 3.63) is 42.2 Å². The number of carbonyl (C=O) groups excluding carboxylic acids is 1. The first-order chi connectivity index (χ1) is 14.7. The van der Waals surface area contributed by atoms with Crippen LogP contribution in [0.4, 0.5) is 17.3 Å². The number of aliphatic hydroxyl groups is 2. The van der Waals surface area contributed by atoms with E-state index < -0.39 is 11.3 Å². The summed E-state index contributed by atoms with van der Waals surface area (Å²) < 4.78 is 0. The van der Waals surface area contributed by atoms with Gasteiger partial charge in [0, 0.05) is 44.8 Å². The van der Waals surface area contributed by atoms with Crippen molar-refractivity contribution < 1.29 is 15.0 Å². The van der Waals surface area contributed by atoms with Crippen LogP contribution in [-0.4, -0.2) is 64.2 Å². The standard InChI is InChI=1S/C22H30N6O3/c1-21(2,14-29)13-24-20(30)16-7-8-17-19(25-16)28(15-9-11-27(17)12-15)22(3,31)26-18-6-4-5-10-23-18/h4-8,10,15,29,31H,9,11-14H2,1-3H3,(H,23,26)(H,24,30)/t15-,22+/m0/s1. The zero-order chi connectivity index (χ0) is 22.2. The van der Waals surface area contributed by atoms with E-state index in [2.05, 4.69) is 25.5 Å². The van der Waals surface area contributed by atoms with Crippen LogP contribution >= 0.6 is 0 Å². The van der Waals surface area contributed by atoms with Gasteiger partial charge >= 0.3 is 0 Å². The van der Waals surface area contributed by atoms with Gasteiger partial charge in [-0.15, -0.1) is 0 Å². The first kappa shape index (κ1) is 21.3. The molecular weight excluding hydrogens is 396 g/mol. The number of anilines is 3. The molecule has 0 aromatic carbocycles. The number of nitrogens with zero attached hydrogens (tertiary/aromatic N) is 4. The van der Waals surface area contributed by atoms with Gasteiger partial charge in [0.25, 0.3) is 5.91 Å². The molecule has 2 bridgehead atoms. The second kappa shape index (κ2) is 7.97. The second-order valence-corrected chi connectivity index (χ2v) is 9.16. The fraction of sp³-hybridized carbons (Fsp3) is 0.500. The van der Waals surface area contributed by atoms with Gasteiger partial charge in [-0.2, -0.15) is 0 Å². The van der Waals surface area contributed by atoms with Crippen molar-refractivity contribution in [1.29, 1.82) is 0 Å². The minimum Gasteiger partial charge on any atom is -0.396 e. The van der Waals surface area contributed by atoms with E-state index in [4.69, 9.17) is 0 Å². The van der Waals surface area contributed by atoms with Crippen molar-refractivity contribution in [2.75, 3.05) is 41.4 Å². The van der Waals surface area contributed by atoms with Crippen LogP contribution in [0.1, 0.15) is 37.7 Å². The maximum Gasteiger partial charge on any atom is 0.269 e. The summed E-state index contributed by atoms with van der Waals surface area (Å²) in [6.45, 7) is 7.38. The average molecular weight is 427 g/mol. The molecule has 4 rings (SSSR count). The molecule has 2 aliphatic rings. The van der Waals surface area contributed by atoms with Crippen LogP contribution in [-0.2, 0) is 0 Å². The maximum atomic E-state index is 12.7. The van der Waals surface area contributed by atoms with E-state index in [-0.39, 0.29) is 24.2 Å². The van der Waals surface area contributed by atoms with E-state index in [0.717, 1.165) is 25.2 Å². The van der Waals surface area contributed by atoms with E-state index in [9.17, 15) is 15.0 Å². The summed E-state index contributed by atoms with van der Waals surface area (Å²) in [5, 5.41) is 26.8. The number of hydrogen-bond donors (Lipinski definition) is 4. The predicted octanol–water partition coefficient (Wildman–Crippen LogP) is 1.40. The molecule has 4 heterocycles. The van der Waals surface area contributed by atoms with E-state index in [0.29, 0.717) is 18.2 Å². The first-order valence-electron chi connectivity index (χ1n) is 10.6. The van der Waals surface area contributed by atoms with E-state index in [1.54, 1.807) is 25.3 Å². The van der Waals surface area contributed by atoms with Gasteiger partial charge in [0.1, 0.15) is 11.5 Å². The molecule has 0 radical (unpaired) electrons. The number of hydrogen-bond acceptors (Lipinski definition) is 8. The van der Waals surface area contributed by atoms with Crippen molar-refractivity contribution in [2.45, 2.75) is 39.1 Å². The Bertz CT molecular complexity index is 950. The van der Waals surface area contributed by atoms with E-state index in [1.807, 2.05) is 36.9 Å². The van der Waals surface area contributed by atoms with Crippen LogP contribution in [0, 0.1) is 5.41 Å². The highest BCUT2D eigenvalue weighted by molar-refractivity contribution is 5.93. The number of aromatic nitrogens is 2. The fourth-order valence-corrected chi connectivity index (χ4v) is 4.10. The third-order valence-corrected chi connectivity index (χ3v) is 5.84. The minimum atomic E-state index is -1.45. The molecule has 0 unspecified atom stereocenters. The lowest BCUT2D eigenvalue weighted by Crippen LogP contribution is -2.60. The molecule has 0 spiro atoms. The Morgan fingerprint density at radius 3 is 2.77 bits per heavy atom. The summed E-state index contributed by atoms with van der Waals surface area (Å²) in [5.41, 5.74) is 0.745. The van der Waals surface area contributed by atoms with Gasteiger partial charge in [-0.05, 0) is 30.7 Å². The number of amides is 1. The molecule has 2 atom stereocenters. The summed E-state index contributed by atoms with van der Waals surface area (Å²) in [7, 11) is 0. The lowest BCUT2D eigenvalue weighted by atomic mass is 9.95. The number of rotatable bonds is 7. The van der Waals surface area contributed by atoms with Crippen molar-refractivity contribution in [1.82, 2.24) is 15.3 Å². The monoisotopic (exact) mass is 426 g/mol. The topological polar surface area (TPSA) is 114 Å². The third kappa shape index (κ3) is 4.28. The molecule has 9 heteroatoms. The van der Waals surface area contributed by atoms with Crippen LogP contribution in [0.2, 0.25) is 0 Å². The molecule has 166 valence electrons. The van der Waals surface area contributed by atoms with Gasteiger partial charge in [0.2, 0.25) is 5.85 Å². The van der Waals surface area contributed by atoms with Gasteiger partial charge in [-0.1, -0.05) is 19.9 Å². The summed E-state index contributed by atoms with van der Waals surface area (Å²) in [6.07, 6.45) is 2.54. The number of nitrogens with one attached hydrogen (secondary N) is 2. The normalized spacial score (nSPS) is 19.6. The Labute approximate surface area is 182 Å². The first-order valence-corrected chi connectivity index (χ1v) is 10.6. The van der Waals surface area contributed by atoms with Gasteiger partial charge in [0.05, 0.1) is 11.7 Å². The number of pyridine rings is 2. The summed E-state index contributed by atoms with van der Waals surface area (Å²) in [4.78, 5) is 25.8. The largest absolute Gasteiger partial charge is 0.396 e. The highest BCUT2D eigenvalue weighted by Crippen LogP contribution is 2.42. The number of fused-ring (bicyclic) bond motifs is 4. The highest BCUT2D eigenvalue weighted by Gasteiger charge is 2.45. The Hall–Kier alpha value is -2.91. The molecule has 4 N–H and O–H groups in total. The van der Waals surface area contributed by atoms with E-state index >= 15 is 0 Å². The predicted molar refractivity (Wildman–Crippen MR) is 119 cm³/mol. The van der Waals surface area contributed by atoms with Crippen LogP contribution in [0.15, 0.2) is 36.5 Å². The quantitative estimate of drug-likeness (QED) is 0.492. The highest BCUT2D eigenvalue weighted by atomic mass is 16.3. The maximum absolute atomic E-state index is 12.7. The SMILES string of the molecule is CC(C)(CO)CNC(=O)c1ccc2c(n1)N([C@](C)(O)Nc1ccccn1)[C@H]1CCN2C1. The minimum absolute atomic E-state index is 0.0304. The Morgan fingerprint density at radius 2 is 2.06 bits per heavy atom. The van der Waals surface area contributed by atoms with Gasteiger partial charge in [-0.3, -0.25) is 4.79 Å². The van der Waals surface area contributed by atoms with Gasteiger partial charge < -0.3 is 30.6 Å². The fourth-order valence-electron chi connectivity index (χ4n) is 4.10. The molecule has 31 heavy (non-hydrogen) atoms. The Balaban J connectivity index is 1.64. The van der Waals surface area contributed by atoms with Crippen molar-refractivity contribution in [3.63, 3.8) is 0 Å². The van der Waals surface area contributed by atoms with Crippen LogP contribution in [0.25, 0.3) is 0 Å². The Kier molecular flexibility index (Phi) is 5.49. The average Bonchev–Trinajstić information content (AvgIpc) is 3.15. The molecule has 1 fully saturated rings. The molecule has 0 aliphatic carbocycles. The van der Waals surface area contributed by atoms with Crippen LogP contribution < -0.4 is 20.4 Å². The van der Waals surface area contributed by atoms with Crippen molar-refractivity contribution in [2.24, 2.45) is 5.41 Å². The lowest BCUT2D eigenvalue weighted by molar-refractivity contribution is 0.0751. The molecule has 0 saturated carbocycles. The summed E-state index contributed by atoms with van der Waals surface area (Å²) >= 11 is 0. The molecule has 2 aromatic rings. The van der Waals surface area contributed by atoms with E-state index in [1.165, 1.54) is 0 Å². The molecule has 1 saturated heterocycles. The summed E-state index contributed by atoms with van der Waals surface area (Å²) in [6, 6.07) is 9.10. The zero-order valence-electron chi connectivity index (χ0n) is 18.2. The zero-order valence-corrected chi connectivity index (χ0v) is 18.2. The van der Waals surface area contributed by atoms with Gasteiger partial charge in [0.15, 0.2) is 5.82 Å². The number of carbonyl (C=O) groups is 1. The van der Waals surface area contributed by atoms with Crippen LogP contribution in [0.5, 0.6) is 0 Å².